The van der Waals surface area contributed by atoms with E-state index < -0.39 is 11.9 Å². The average molecular weight is 346 g/mol. The monoisotopic (exact) mass is 346 g/mol. The molecule has 0 saturated carbocycles. The van der Waals surface area contributed by atoms with Crippen molar-refractivity contribution in [3.8, 4) is 5.75 Å². The zero-order valence-corrected chi connectivity index (χ0v) is 16.4. The standard InChI is InChI=1S/C21H30O4/c1-13(2)19(24)25-17(22)10-9-14-11-15(20(3,4)5)18(23)16(12-14)21(6,7)8/h11-12,23H,1,9-10H2,2-8H3. The van der Waals surface area contributed by atoms with Crippen LogP contribution in [0.2, 0.25) is 0 Å². The molecule has 0 aliphatic rings. The zero-order valence-electron chi connectivity index (χ0n) is 16.4. The van der Waals surface area contributed by atoms with Crippen molar-refractivity contribution in [2.24, 2.45) is 0 Å². The molecule has 0 fully saturated rings. The first kappa shape index (κ1) is 20.9. The number of carbonyl (C=O) groups excluding carboxylic acids is 2. The fourth-order valence-corrected chi connectivity index (χ4v) is 2.47. The first-order chi connectivity index (χ1) is 11.2. The molecule has 0 aliphatic carbocycles. The maximum absolute atomic E-state index is 11.8. The van der Waals surface area contributed by atoms with E-state index in [9.17, 15) is 14.7 Å². The maximum Gasteiger partial charge on any atom is 0.340 e. The first-order valence-corrected chi connectivity index (χ1v) is 8.51. The molecule has 1 aromatic carbocycles. The molecule has 0 heterocycles. The number of benzene rings is 1. The van der Waals surface area contributed by atoms with Crippen LogP contribution in [0.25, 0.3) is 0 Å². The van der Waals surface area contributed by atoms with E-state index in [1.165, 1.54) is 6.92 Å². The number of aromatic hydroxyl groups is 1. The van der Waals surface area contributed by atoms with Crippen LogP contribution >= 0.6 is 0 Å². The van der Waals surface area contributed by atoms with Gasteiger partial charge in [0.15, 0.2) is 0 Å². The molecule has 0 aliphatic heterocycles. The Hall–Kier alpha value is -2.10. The minimum absolute atomic E-state index is 0.0942. The highest BCUT2D eigenvalue weighted by molar-refractivity contribution is 5.95. The van der Waals surface area contributed by atoms with Gasteiger partial charge in [-0.3, -0.25) is 4.79 Å². The highest BCUT2D eigenvalue weighted by Crippen LogP contribution is 2.39. The van der Waals surface area contributed by atoms with Gasteiger partial charge >= 0.3 is 11.9 Å². The van der Waals surface area contributed by atoms with Crippen LogP contribution in [0.3, 0.4) is 0 Å². The lowest BCUT2D eigenvalue weighted by atomic mass is 9.78. The largest absolute Gasteiger partial charge is 0.507 e. The van der Waals surface area contributed by atoms with Gasteiger partial charge in [-0.05, 0) is 40.9 Å². The van der Waals surface area contributed by atoms with Crippen molar-refractivity contribution in [1.29, 1.82) is 0 Å². The average Bonchev–Trinajstić information content (AvgIpc) is 2.43. The van der Waals surface area contributed by atoms with Crippen molar-refractivity contribution in [1.82, 2.24) is 0 Å². The predicted molar refractivity (Wildman–Crippen MR) is 99.7 cm³/mol. The Balaban J connectivity index is 3.10. The number of phenolic OH excluding ortho intramolecular Hbond substituents is 1. The Morgan fingerprint density at radius 3 is 1.84 bits per heavy atom. The third-order valence-corrected chi connectivity index (χ3v) is 3.96. The highest BCUT2D eigenvalue weighted by atomic mass is 16.6. The van der Waals surface area contributed by atoms with Crippen LogP contribution in [0.4, 0.5) is 0 Å². The summed E-state index contributed by atoms with van der Waals surface area (Å²) in [6.07, 6.45) is 0.533. The minimum atomic E-state index is -0.693. The fraction of sp³-hybridized carbons (Fsp3) is 0.524. The molecule has 1 aromatic rings. The van der Waals surface area contributed by atoms with Crippen LogP contribution in [-0.2, 0) is 31.6 Å². The first-order valence-electron chi connectivity index (χ1n) is 8.51. The van der Waals surface area contributed by atoms with Crippen molar-refractivity contribution >= 4 is 11.9 Å². The Morgan fingerprint density at radius 1 is 1.04 bits per heavy atom. The van der Waals surface area contributed by atoms with Gasteiger partial charge in [-0.25, -0.2) is 4.79 Å². The Morgan fingerprint density at radius 2 is 1.48 bits per heavy atom. The van der Waals surface area contributed by atoms with Gasteiger partial charge in [-0.1, -0.05) is 60.3 Å². The summed E-state index contributed by atoms with van der Waals surface area (Å²) in [6, 6.07) is 3.86. The predicted octanol–water partition coefficient (Wildman–Crippen LogP) is 4.57. The Bertz CT molecular complexity index is 650. The van der Waals surface area contributed by atoms with E-state index in [1.807, 2.05) is 53.7 Å². The minimum Gasteiger partial charge on any atom is -0.507 e. The summed E-state index contributed by atoms with van der Waals surface area (Å²) in [5.74, 6) is -0.957. The van der Waals surface area contributed by atoms with Gasteiger partial charge < -0.3 is 9.84 Å². The van der Waals surface area contributed by atoms with Gasteiger partial charge in [-0.15, -0.1) is 0 Å². The van der Waals surface area contributed by atoms with Crippen LogP contribution in [0.15, 0.2) is 24.3 Å². The van der Waals surface area contributed by atoms with Crippen LogP contribution < -0.4 is 0 Å². The fourth-order valence-electron chi connectivity index (χ4n) is 2.47. The highest BCUT2D eigenvalue weighted by Gasteiger charge is 2.26. The molecule has 0 saturated heterocycles. The molecule has 0 spiro atoms. The van der Waals surface area contributed by atoms with Gasteiger partial charge in [-0.2, -0.15) is 0 Å². The van der Waals surface area contributed by atoms with E-state index in [2.05, 4.69) is 6.58 Å². The van der Waals surface area contributed by atoms with E-state index in [-0.39, 0.29) is 22.8 Å². The number of phenols is 1. The van der Waals surface area contributed by atoms with E-state index >= 15 is 0 Å². The maximum atomic E-state index is 11.8. The summed E-state index contributed by atoms with van der Waals surface area (Å²) in [5, 5.41) is 10.7. The van der Waals surface area contributed by atoms with Gasteiger partial charge in [0.2, 0.25) is 0 Å². The van der Waals surface area contributed by atoms with E-state index in [0.717, 1.165) is 16.7 Å². The third kappa shape index (κ3) is 5.73. The molecule has 1 rings (SSSR count). The van der Waals surface area contributed by atoms with Crippen molar-refractivity contribution in [3.63, 3.8) is 0 Å². The lowest BCUT2D eigenvalue weighted by molar-refractivity contribution is -0.156. The summed E-state index contributed by atoms with van der Waals surface area (Å²) >= 11 is 0. The summed E-state index contributed by atoms with van der Waals surface area (Å²) in [5.41, 5.74) is 2.38. The molecule has 4 nitrogen and oxygen atoms in total. The number of esters is 2. The van der Waals surface area contributed by atoms with Crippen LogP contribution in [0, 0.1) is 0 Å². The molecule has 25 heavy (non-hydrogen) atoms. The zero-order chi connectivity index (χ0) is 19.6. The van der Waals surface area contributed by atoms with Crippen LogP contribution in [0.1, 0.15) is 71.6 Å². The van der Waals surface area contributed by atoms with E-state index in [1.54, 1.807) is 0 Å². The van der Waals surface area contributed by atoms with E-state index in [0.29, 0.717) is 12.2 Å². The normalized spacial score (nSPS) is 12.0. The van der Waals surface area contributed by atoms with Crippen molar-refractivity contribution in [2.75, 3.05) is 0 Å². The number of rotatable bonds is 4. The molecular formula is C21H30O4. The summed E-state index contributed by atoms with van der Waals surface area (Å²) in [4.78, 5) is 23.2. The number of ether oxygens (including phenoxy) is 1. The van der Waals surface area contributed by atoms with Crippen LogP contribution in [-0.4, -0.2) is 17.0 Å². The molecule has 0 atom stereocenters. The number of aryl methyl sites for hydroxylation is 1. The second kappa shape index (κ2) is 7.42. The SMILES string of the molecule is C=C(C)C(=O)OC(=O)CCc1cc(C(C)(C)C)c(O)c(C(C)(C)C)c1. The summed E-state index contributed by atoms with van der Waals surface area (Å²) in [7, 11) is 0. The lowest BCUT2D eigenvalue weighted by Crippen LogP contribution is -2.18. The molecule has 0 aromatic heterocycles. The Kier molecular flexibility index (Phi) is 6.22. The molecule has 0 bridgehead atoms. The number of hydrogen-bond acceptors (Lipinski definition) is 4. The lowest BCUT2D eigenvalue weighted by Gasteiger charge is -2.28. The molecule has 138 valence electrons. The molecule has 0 amide bonds. The third-order valence-electron chi connectivity index (χ3n) is 3.96. The van der Waals surface area contributed by atoms with Gasteiger partial charge in [0.1, 0.15) is 5.75 Å². The molecule has 0 radical (unpaired) electrons. The second-order valence-electron chi connectivity index (χ2n) is 8.58. The molecule has 0 unspecified atom stereocenters. The number of hydrogen-bond donors (Lipinski definition) is 1. The van der Waals surface area contributed by atoms with Gasteiger partial charge in [0.05, 0.1) is 6.42 Å². The van der Waals surface area contributed by atoms with Gasteiger partial charge in [0.25, 0.3) is 0 Å². The summed E-state index contributed by atoms with van der Waals surface area (Å²) in [6.45, 7) is 17.2. The molecular weight excluding hydrogens is 316 g/mol. The smallest absolute Gasteiger partial charge is 0.340 e. The van der Waals surface area contributed by atoms with Gasteiger partial charge in [0, 0.05) is 5.57 Å². The molecule has 4 heteroatoms. The van der Waals surface area contributed by atoms with E-state index in [4.69, 9.17) is 4.74 Å². The van der Waals surface area contributed by atoms with Crippen LogP contribution in [0.5, 0.6) is 5.75 Å². The molecule has 1 N–H and O–H groups in total. The summed E-state index contributed by atoms with van der Waals surface area (Å²) < 4.78 is 4.73. The number of carbonyl (C=O) groups is 2. The van der Waals surface area contributed by atoms with Crippen molar-refractivity contribution < 1.29 is 19.4 Å². The Labute approximate surface area is 150 Å². The second-order valence-corrected chi connectivity index (χ2v) is 8.58. The quantitative estimate of drug-likeness (QED) is 0.493. The van der Waals surface area contributed by atoms with Crippen molar-refractivity contribution in [2.45, 2.75) is 72.1 Å². The van der Waals surface area contributed by atoms with Crippen molar-refractivity contribution in [3.05, 3.63) is 41.0 Å². The topological polar surface area (TPSA) is 63.6 Å².